The Hall–Kier alpha value is -3.08. The Morgan fingerprint density at radius 3 is 1.98 bits per heavy atom. The third kappa shape index (κ3) is 15.4. The zero-order valence-corrected chi connectivity index (χ0v) is 31.0. The van der Waals surface area contributed by atoms with Gasteiger partial charge in [-0.3, -0.25) is 19.2 Å². The molecule has 2 aromatic carbocycles. The molecule has 2 aromatic rings. The average Bonchev–Trinajstić information content (AvgIpc) is 3.02. The number of aromatic hydroxyl groups is 2. The molecule has 1 aliphatic heterocycles. The first-order valence-corrected chi connectivity index (χ1v) is 15.7. The topological polar surface area (TPSA) is 261 Å². The summed E-state index contributed by atoms with van der Waals surface area (Å²) < 4.78 is 0. The van der Waals surface area contributed by atoms with Gasteiger partial charge in [0.25, 0.3) is 0 Å². The van der Waals surface area contributed by atoms with Crippen molar-refractivity contribution < 1.29 is 29.4 Å². The van der Waals surface area contributed by atoms with Crippen molar-refractivity contribution in [3.05, 3.63) is 47.5 Å². The van der Waals surface area contributed by atoms with E-state index < -0.39 is 35.8 Å². The summed E-state index contributed by atoms with van der Waals surface area (Å²) >= 11 is 0. The highest BCUT2D eigenvalue weighted by atomic mass is 35.5. The molecule has 3 rings (SSSR count). The molecule has 0 fully saturated rings. The standard InChI is InChI=1S/C32H48N8O6.4ClH/c33-10-3-5-25-32(46)40-26(31(45)38-12-2-1-4-23(35)18-29(43)37-13-11-34)17-22-15-20(7-9-28(22)42)19-6-8-27(41)21(14-19)16-24(36)30(44)39-25;;;;/h6-9,14-15,23-26,41-42H,1-5,10-13,16-18,33-36H2,(H,37,43)(H,38,45)(H,39,44)(H,40,46);4*1H/t23-,24-,25-,26-;;;;/m0..../s1. The number of halogens is 4. The Bertz CT molecular complexity index is 1380. The first kappa shape index (κ1) is 49.0. The zero-order chi connectivity index (χ0) is 33.6. The monoisotopic (exact) mass is 784 g/mol. The number of phenols is 2. The number of rotatable bonds is 13. The minimum atomic E-state index is -1.09. The second-order valence-corrected chi connectivity index (χ2v) is 11.6. The van der Waals surface area contributed by atoms with Gasteiger partial charge in [-0.25, -0.2) is 0 Å². The normalized spacial score (nSPS) is 17.6. The van der Waals surface area contributed by atoms with Crippen LogP contribution in [0.15, 0.2) is 36.4 Å². The van der Waals surface area contributed by atoms with Gasteiger partial charge in [0.15, 0.2) is 0 Å². The van der Waals surface area contributed by atoms with E-state index in [1.165, 1.54) is 12.1 Å². The van der Waals surface area contributed by atoms with Gasteiger partial charge >= 0.3 is 0 Å². The number of hydrogen-bond acceptors (Lipinski definition) is 10. The fourth-order valence-electron chi connectivity index (χ4n) is 5.25. The predicted molar refractivity (Wildman–Crippen MR) is 203 cm³/mol. The lowest BCUT2D eigenvalue weighted by Gasteiger charge is -2.24. The smallest absolute Gasteiger partial charge is 0.243 e. The number of nitrogens with one attached hydrogen (secondary N) is 4. The zero-order valence-electron chi connectivity index (χ0n) is 27.7. The highest BCUT2D eigenvalue weighted by molar-refractivity contribution is 5.93. The van der Waals surface area contributed by atoms with E-state index in [0.29, 0.717) is 67.6 Å². The van der Waals surface area contributed by atoms with E-state index >= 15 is 0 Å². The lowest BCUT2D eigenvalue weighted by Crippen LogP contribution is -2.56. The van der Waals surface area contributed by atoms with Crippen LogP contribution in [0.3, 0.4) is 0 Å². The molecule has 0 saturated heterocycles. The van der Waals surface area contributed by atoms with Crippen molar-refractivity contribution in [2.75, 3.05) is 26.2 Å². The van der Waals surface area contributed by atoms with Crippen molar-refractivity contribution in [2.45, 2.75) is 75.5 Å². The van der Waals surface area contributed by atoms with E-state index in [4.69, 9.17) is 22.9 Å². The van der Waals surface area contributed by atoms with Gasteiger partial charge in [-0.1, -0.05) is 18.6 Å². The molecular weight excluding hydrogens is 734 g/mol. The van der Waals surface area contributed by atoms with E-state index in [-0.39, 0.29) is 105 Å². The Morgan fingerprint density at radius 2 is 1.40 bits per heavy atom. The largest absolute Gasteiger partial charge is 0.508 e. The van der Waals surface area contributed by atoms with Crippen LogP contribution in [0.1, 0.15) is 49.7 Å². The molecule has 0 unspecified atom stereocenters. The molecule has 14 nitrogen and oxygen atoms in total. The second-order valence-electron chi connectivity index (χ2n) is 11.6. The van der Waals surface area contributed by atoms with Gasteiger partial charge in [0, 0.05) is 44.9 Å². The van der Waals surface area contributed by atoms with Crippen LogP contribution in [-0.2, 0) is 32.0 Å². The quantitative estimate of drug-likeness (QED) is 0.127. The number of nitrogens with two attached hydrogens (primary N) is 4. The van der Waals surface area contributed by atoms with Crippen LogP contribution in [0.5, 0.6) is 11.5 Å². The van der Waals surface area contributed by atoms with E-state index in [1.807, 2.05) is 0 Å². The second kappa shape index (κ2) is 25.0. The molecule has 284 valence electrons. The van der Waals surface area contributed by atoms with Crippen molar-refractivity contribution in [3.63, 3.8) is 0 Å². The number of phenolic OH excluding ortho intramolecular Hbond substituents is 2. The van der Waals surface area contributed by atoms with Crippen LogP contribution < -0.4 is 44.2 Å². The van der Waals surface area contributed by atoms with Crippen LogP contribution in [0, 0.1) is 0 Å². The van der Waals surface area contributed by atoms with Crippen molar-refractivity contribution >= 4 is 73.3 Å². The molecule has 14 N–H and O–H groups in total. The Balaban J connectivity index is 0. The molecule has 0 aromatic heterocycles. The molecule has 18 heteroatoms. The van der Waals surface area contributed by atoms with Crippen LogP contribution in [0.4, 0.5) is 0 Å². The summed E-state index contributed by atoms with van der Waals surface area (Å²) in [7, 11) is 0. The maximum Gasteiger partial charge on any atom is 0.243 e. The van der Waals surface area contributed by atoms with Gasteiger partial charge in [0.1, 0.15) is 23.6 Å². The lowest BCUT2D eigenvalue weighted by molar-refractivity contribution is -0.132. The molecule has 1 aliphatic rings. The number of fused-ring (bicyclic) bond motifs is 5. The minimum Gasteiger partial charge on any atom is -0.508 e. The van der Waals surface area contributed by atoms with E-state index in [0.717, 1.165) is 0 Å². The number of amides is 4. The summed E-state index contributed by atoms with van der Waals surface area (Å²) in [5, 5.41) is 32.2. The van der Waals surface area contributed by atoms with Gasteiger partial charge < -0.3 is 54.4 Å². The fraction of sp³-hybridized carbons (Fsp3) is 0.500. The van der Waals surface area contributed by atoms with Crippen molar-refractivity contribution in [2.24, 2.45) is 22.9 Å². The molecule has 0 spiro atoms. The minimum absolute atomic E-state index is 0. The molecule has 0 saturated carbocycles. The number of carbonyl (C=O) groups excluding carboxylic acids is 4. The van der Waals surface area contributed by atoms with E-state index in [1.54, 1.807) is 24.3 Å². The third-order valence-electron chi connectivity index (χ3n) is 7.87. The highest BCUT2D eigenvalue weighted by Crippen LogP contribution is 2.31. The van der Waals surface area contributed by atoms with Crippen molar-refractivity contribution in [3.8, 4) is 22.6 Å². The van der Waals surface area contributed by atoms with Crippen LogP contribution in [-0.4, -0.2) is 84.2 Å². The first-order valence-electron chi connectivity index (χ1n) is 15.7. The number of hydrogen-bond donors (Lipinski definition) is 10. The molecular formula is C32H52Cl4N8O6. The first-order chi connectivity index (χ1) is 22.0. The highest BCUT2D eigenvalue weighted by Gasteiger charge is 2.29. The van der Waals surface area contributed by atoms with Crippen LogP contribution in [0.25, 0.3) is 11.1 Å². The maximum atomic E-state index is 13.5. The van der Waals surface area contributed by atoms with Gasteiger partial charge in [-0.2, -0.15) is 0 Å². The van der Waals surface area contributed by atoms with Gasteiger partial charge in [-0.05, 0) is 78.7 Å². The number of unbranched alkanes of at least 4 members (excludes halogenated alkanes) is 1. The van der Waals surface area contributed by atoms with Gasteiger partial charge in [-0.15, -0.1) is 49.6 Å². The molecule has 4 bridgehead atoms. The maximum absolute atomic E-state index is 13.5. The average molecular weight is 787 g/mol. The van der Waals surface area contributed by atoms with Crippen molar-refractivity contribution in [1.29, 1.82) is 0 Å². The Kier molecular flexibility index (Phi) is 24.5. The predicted octanol–water partition coefficient (Wildman–Crippen LogP) is 0.665. The van der Waals surface area contributed by atoms with Crippen molar-refractivity contribution in [1.82, 2.24) is 21.3 Å². The Labute approximate surface area is 317 Å². The third-order valence-corrected chi connectivity index (χ3v) is 7.87. The summed E-state index contributed by atoms with van der Waals surface area (Å²) in [6, 6.07) is 6.34. The van der Waals surface area contributed by atoms with Gasteiger partial charge in [0.2, 0.25) is 23.6 Å². The summed E-state index contributed by atoms with van der Waals surface area (Å²) in [5.41, 5.74) is 25.6. The molecule has 4 amide bonds. The summed E-state index contributed by atoms with van der Waals surface area (Å²) in [6.45, 7) is 1.31. The molecule has 4 atom stereocenters. The Morgan fingerprint density at radius 1 is 0.800 bits per heavy atom. The molecule has 0 aliphatic carbocycles. The lowest BCUT2D eigenvalue weighted by atomic mass is 9.95. The van der Waals surface area contributed by atoms with E-state index in [2.05, 4.69) is 21.3 Å². The number of carbonyl (C=O) groups is 4. The molecule has 1 heterocycles. The fourth-order valence-corrected chi connectivity index (χ4v) is 5.25. The summed E-state index contributed by atoms with van der Waals surface area (Å²) in [5.74, 6) is -1.90. The van der Waals surface area contributed by atoms with Crippen LogP contribution in [0.2, 0.25) is 0 Å². The van der Waals surface area contributed by atoms with Gasteiger partial charge in [0.05, 0.1) is 6.04 Å². The SMILES string of the molecule is Cl.Cl.Cl.Cl.NCCC[C@@H]1NC(=O)[C@@H](N)Cc2cc(ccc2O)-c2ccc(O)c(c2)C[C@@H](C(=O)NCCCC[C@H](N)CC(=O)NCCN)NC1=O. The number of benzene rings is 2. The summed E-state index contributed by atoms with van der Waals surface area (Å²) in [6.07, 6.45) is 2.61. The van der Waals surface area contributed by atoms with Crippen LogP contribution >= 0.6 is 49.6 Å². The molecule has 50 heavy (non-hydrogen) atoms. The van der Waals surface area contributed by atoms with E-state index in [9.17, 15) is 29.4 Å². The summed E-state index contributed by atoms with van der Waals surface area (Å²) in [4.78, 5) is 51.9. The molecule has 0 radical (unpaired) electrons.